The smallest absolute Gasteiger partial charge is 0.415 e. The van der Waals surface area contributed by atoms with Gasteiger partial charge < -0.3 is 24.7 Å². The molecule has 0 saturated carbocycles. The van der Waals surface area contributed by atoms with Gasteiger partial charge in [-0.25, -0.2) is 14.2 Å². The first-order chi connectivity index (χ1) is 14.5. The fourth-order valence-corrected chi connectivity index (χ4v) is 3.27. The highest BCUT2D eigenvalue weighted by atomic mass is 19.1. The number of nitrogens with one attached hydrogen (secondary N) is 2. The van der Waals surface area contributed by atoms with Gasteiger partial charge in [0.15, 0.2) is 11.6 Å². The lowest BCUT2D eigenvalue weighted by molar-refractivity contribution is 0.133. The van der Waals surface area contributed by atoms with Gasteiger partial charge in [-0.2, -0.15) is 0 Å². The van der Waals surface area contributed by atoms with Crippen molar-refractivity contribution < 1.29 is 18.7 Å². The Hall–Kier alpha value is -3.47. The van der Waals surface area contributed by atoms with Gasteiger partial charge in [0, 0.05) is 26.4 Å². The first-order valence-corrected chi connectivity index (χ1v) is 9.46. The van der Waals surface area contributed by atoms with Crippen molar-refractivity contribution in [1.29, 1.82) is 0 Å². The van der Waals surface area contributed by atoms with Crippen LogP contribution in [0.25, 0.3) is 11.0 Å². The van der Waals surface area contributed by atoms with Crippen molar-refractivity contribution in [2.24, 2.45) is 12.0 Å². The van der Waals surface area contributed by atoms with Crippen molar-refractivity contribution in [2.75, 3.05) is 32.8 Å². The van der Waals surface area contributed by atoms with Crippen LogP contribution >= 0.6 is 0 Å². The Morgan fingerprint density at radius 3 is 3.07 bits per heavy atom. The molecule has 1 saturated heterocycles. The predicted molar refractivity (Wildman–Crippen MR) is 107 cm³/mol. The number of rotatable bonds is 7. The van der Waals surface area contributed by atoms with Gasteiger partial charge in [-0.1, -0.05) is 0 Å². The van der Waals surface area contributed by atoms with E-state index in [1.54, 1.807) is 19.5 Å². The molecule has 1 amide bonds. The third kappa shape index (κ3) is 3.96. The first-order valence-electron chi connectivity index (χ1n) is 9.46. The van der Waals surface area contributed by atoms with Gasteiger partial charge >= 0.3 is 6.09 Å². The largest absolute Gasteiger partial charge is 0.487 e. The molecule has 2 N–H and O–H groups in total. The summed E-state index contributed by atoms with van der Waals surface area (Å²) < 4.78 is 26.5. The second kappa shape index (κ2) is 8.49. The maximum Gasteiger partial charge on any atom is 0.415 e. The highest BCUT2D eigenvalue weighted by Crippen LogP contribution is 2.26. The number of carbonyl (C=O) groups excluding carboxylic acids is 1. The number of cyclic esters (lactones) is 1. The third-order valence-electron chi connectivity index (χ3n) is 4.78. The number of ether oxygens (including phenoxy) is 2. The number of halogens is 1. The Morgan fingerprint density at radius 2 is 2.27 bits per heavy atom. The van der Waals surface area contributed by atoms with Crippen LogP contribution in [0.3, 0.4) is 0 Å². The molecule has 2 aliphatic rings. The van der Waals surface area contributed by atoms with Gasteiger partial charge in [0.1, 0.15) is 24.0 Å². The van der Waals surface area contributed by atoms with E-state index in [1.165, 1.54) is 27.8 Å². The van der Waals surface area contributed by atoms with Crippen molar-refractivity contribution in [2.45, 2.75) is 6.10 Å². The molecule has 3 heterocycles. The fraction of sp³-hybridized carbons (Fsp3) is 0.368. The van der Waals surface area contributed by atoms with Crippen molar-refractivity contribution in [3.63, 3.8) is 0 Å². The van der Waals surface area contributed by atoms with Crippen LogP contribution in [0.2, 0.25) is 0 Å². The number of benzene rings is 1. The summed E-state index contributed by atoms with van der Waals surface area (Å²) in [5.41, 5.74) is 0.421. The highest BCUT2D eigenvalue weighted by Gasteiger charge is 2.33. The molecule has 0 unspecified atom stereocenters. The second-order valence-corrected chi connectivity index (χ2v) is 6.80. The molecule has 0 spiro atoms. The minimum atomic E-state index is -0.568. The molecule has 1 aromatic heterocycles. The quantitative estimate of drug-likeness (QED) is 0.626. The van der Waals surface area contributed by atoms with Gasteiger partial charge in [0.05, 0.1) is 31.0 Å². The Balaban J connectivity index is 1.30. The number of hydrogen-bond donors (Lipinski definition) is 2. The van der Waals surface area contributed by atoms with E-state index in [0.717, 1.165) is 0 Å². The molecule has 2 aliphatic heterocycles. The monoisotopic (exact) mass is 416 g/mol. The number of aliphatic imine (C=N–C) groups is 1. The zero-order chi connectivity index (χ0) is 21.1. The van der Waals surface area contributed by atoms with Crippen molar-refractivity contribution >= 4 is 23.3 Å². The third-order valence-corrected chi connectivity index (χ3v) is 4.78. The molecule has 0 radical (unpaired) electrons. The predicted octanol–water partition coefficient (Wildman–Crippen LogP) is 0.335. The Bertz CT molecular complexity index is 1080. The molecule has 2 aromatic rings. The van der Waals surface area contributed by atoms with Crippen LogP contribution in [-0.4, -0.2) is 65.6 Å². The zero-order valence-corrected chi connectivity index (χ0v) is 16.3. The number of nitrogens with zero attached hydrogens (tertiary/aromatic N) is 4. The van der Waals surface area contributed by atoms with E-state index < -0.39 is 11.9 Å². The molecule has 1 atom stereocenters. The maximum atomic E-state index is 14.3. The van der Waals surface area contributed by atoms with Crippen molar-refractivity contribution in [1.82, 2.24) is 25.1 Å². The van der Waals surface area contributed by atoms with Gasteiger partial charge in [-0.15, -0.1) is 0 Å². The zero-order valence-electron chi connectivity index (χ0n) is 16.3. The number of carbonyl (C=O) groups is 1. The lowest BCUT2D eigenvalue weighted by Crippen LogP contribution is -2.36. The highest BCUT2D eigenvalue weighted by molar-refractivity contribution is 5.81. The SMILES string of the molecule is Cn1c(=O)cnc2ccc(F)c(OCCNC[C@H]3CN(C4=CN=CCN4)C(=O)O3)c21. The number of aryl methyl sites for hydroxylation is 1. The average molecular weight is 416 g/mol. The topological polar surface area (TPSA) is 110 Å². The lowest BCUT2D eigenvalue weighted by atomic mass is 10.2. The minimum Gasteiger partial charge on any atom is -0.487 e. The Morgan fingerprint density at radius 1 is 1.40 bits per heavy atom. The van der Waals surface area contributed by atoms with Crippen LogP contribution in [0.5, 0.6) is 5.75 Å². The lowest BCUT2D eigenvalue weighted by Gasteiger charge is -2.19. The maximum absolute atomic E-state index is 14.3. The van der Waals surface area contributed by atoms with E-state index in [9.17, 15) is 14.0 Å². The normalized spacial score (nSPS) is 18.3. The van der Waals surface area contributed by atoms with Crippen LogP contribution in [0.4, 0.5) is 9.18 Å². The summed E-state index contributed by atoms with van der Waals surface area (Å²) in [6, 6.07) is 2.75. The van der Waals surface area contributed by atoms with Gasteiger partial charge in [-0.05, 0) is 12.1 Å². The van der Waals surface area contributed by atoms with Crippen LogP contribution < -0.4 is 20.9 Å². The van der Waals surface area contributed by atoms with E-state index in [2.05, 4.69) is 20.6 Å². The molecule has 0 aliphatic carbocycles. The van der Waals surface area contributed by atoms with Crippen molar-refractivity contribution in [3.05, 3.63) is 46.5 Å². The fourth-order valence-electron chi connectivity index (χ4n) is 3.27. The van der Waals surface area contributed by atoms with Gasteiger partial charge in [-0.3, -0.25) is 14.7 Å². The number of hydrogen-bond acceptors (Lipinski definition) is 8. The Labute approximate surface area is 171 Å². The summed E-state index contributed by atoms with van der Waals surface area (Å²) in [4.78, 5) is 33.4. The first kappa shape index (κ1) is 19.8. The number of aromatic nitrogens is 2. The van der Waals surface area contributed by atoms with Gasteiger partial charge in [0.2, 0.25) is 0 Å². The summed E-state index contributed by atoms with van der Waals surface area (Å²) in [6.07, 6.45) is 3.71. The minimum absolute atomic E-state index is 0.0173. The Kier molecular flexibility index (Phi) is 5.61. The molecule has 10 nitrogen and oxygen atoms in total. The molecule has 30 heavy (non-hydrogen) atoms. The number of fused-ring (bicyclic) bond motifs is 1. The molecule has 1 aromatic carbocycles. The molecule has 1 fully saturated rings. The van der Waals surface area contributed by atoms with E-state index in [-0.39, 0.29) is 24.0 Å². The molecule has 158 valence electrons. The van der Waals surface area contributed by atoms with E-state index in [4.69, 9.17) is 9.47 Å². The molecular weight excluding hydrogens is 395 g/mol. The molecule has 11 heteroatoms. The van der Waals surface area contributed by atoms with Crippen LogP contribution in [-0.2, 0) is 11.8 Å². The average Bonchev–Trinajstić information content (AvgIpc) is 3.13. The standard InChI is InChI=1S/C19H21FN6O4/c1-25-16(27)10-24-14-3-2-13(20)18(17(14)25)29-7-6-22-8-12-11-26(19(28)30-12)15-9-21-4-5-23-15/h2-4,9-10,12,22-23H,5-8,11H2,1H3/t12-/m0/s1. The van der Waals surface area contributed by atoms with Crippen LogP contribution in [0.1, 0.15) is 0 Å². The van der Waals surface area contributed by atoms with Crippen LogP contribution in [0.15, 0.2) is 40.1 Å². The van der Waals surface area contributed by atoms with E-state index in [1.807, 2.05) is 0 Å². The van der Waals surface area contributed by atoms with Crippen molar-refractivity contribution in [3.8, 4) is 5.75 Å². The summed E-state index contributed by atoms with van der Waals surface area (Å²) >= 11 is 0. The summed E-state index contributed by atoms with van der Waals surface area (Å²) in [7, 11) is 1.54. The van der Waals surface area contributed by atoms with E-state index >= 15 is 0 Å². The summed E-state index contributed by atoms with van der Waals surface area (Å²) in [6.45, 7) is 1.92. The molecular formula is C19H21FN6O4. The summed E-state index contributed by atoms with van der Waals surface area (Å²) in [5, 5.41) is 6.20. The summed E-state index contributed by atoms with van der Waals surface area (Å²) in [5.74, 6) is 0.0251. The van der Waals surface area contributed by atoms with Gasteiger partial charge in [0.25, 0.3) is 5.56 Å². The van der Waals surface area contributed by atoms with Crippen LogP contribution in [0, 0.1) is 5.82 Å². The molecule has 4 rings (SSSR count). The number of amides is 1. The van der Waals surface area contributed by atoms with E-state index in [0.29, 0.717) is 43.0 Å². The molecule has 0 bridgehead atoms. The second-order valence-electron chi connectivity index (χ2n) is 6.80.